The molecule has 0 amide bonds. The van der Waals surface area contributed by atoms with Crippen LogP contribution in [0.25, 0.3) is 0 Å². The summed E-state index contributed by atoms with van der Waals surface area (Å²) in [7, 11) is 0. The molecule has 2 aromatic rings. The van der Waals surface area contributed by atoms with Gasteiger partial charge >= 0.3 is 0 Å². The van der Waals surface area contributed by atoms with Gasteiger partial charge < -0.3 is 0 Å². The van der Waals surface area contributed by atoms with Crippen LogP contribution in [0.2, 0.25) is 0 Å². The van der Waals surface area contributed by atoms with Crippen molar-refractivity contribution in [2.24, 2.45) is 0 Å². The van der Waals surface area contributed by atoms with E-state index in [1.807, 2.05) is 0 Å². The Morgan fingerprint density at radius 2 is 1.32 bits per heavy atom. The number of unbranched alkanes of at least 4 members (excludes halogenated alkanes) is 1. The average Bonchev–Trinajstić information content (AvgIpc) is 2.42. The van der Waals surface area contributed by atoms with E-state index in [0.717, 1.165) is 19.3 Å². The van der Waals surface area contributed by atoms with Crippen molar-refractivity contribution in [3.8, 4) is 0 Å². The summed E-state index contributed by atoms with van der Waals surface area (Å²) in [5, 5.41) is 0. The Bertz CT molecular complexity index is 489. The molecule has 0 fully saturated rings. The SMILES string of the molecule is CCCCC(c1ccccc1F)c1ccccc1F. The van der Waals surface area contributed by atoms with Gasteiger partial charge in [-0.05, 0) is 29.7 Å². The molecule has 0 spiro atoms. The van der Waals surface area contributed by atoms with Gasteiger partial charge in [0.15, 0.2) is 0 Å². The molecule has 2 heteroatoms. The lowest BCUT2D eigenvalue weighted by Crippen LogP contribution is -2.06. The molecule has 0 atom stereocenters. The predicted octanol–water partition coefficient (Wildman–Crippen LogP) is 5.29. The molecule has 0 radical (unpaired) electrons. The minimum atomic E-state index is -0.258. The highest BCUT2D eigenvalue weighted by Crippen LogP contribution is 2.32. The van der Waals surface area contributed by atoms with Crippen molar-refractivity contribution in [1.29, 1.82) is 0 Å². The molecule has 19 heavy (non-hydrogen) atoms. The first kappa shape index (κ1) is 13.7. The molecule has 0 aliphatic rings. The second-order valence-electron chi connectivity index (χ2n) is 4.74. The highest BCUT2D eigenvalue weighted by Gasteiger charge is 2.19. The molecule has 0 bridgehead atoms. The van der Waals surface area contributed by atoms with Crippen LogP contribution in [-0.2, 0) is 0 Å². The Morgan fingerprint density at radius 1 is 0.842 bits per heavy atom. The smallest absolute Gasteiger partial charge is 0.127 e. The van der Waals surface area contributed by atoms with E-state index in [1.54, 1.807) is 36.4 Å². The monoisotopic (exact) mass is 260 g/mol. The fraction of sp³-hybridized carbons (Fsp3) is 0.294. The molecular weight excluding hydrogens is 242 g/mol. The lowest BCUT2D eigenvalue weighted by atomic mass is 9.86. The molecule has 0 saturated carbocycles. The lowest BCUT2D eigenvalue weighted by molar-refractivity contribution is 0.546. The van der Waals surface area contributed by atoms with Crippen LogP contribution < -0.4 is 0 Å². The normalized spacial score (nSPS) is 10.9. The van der Waals surface area contributed by atoms with Gasteiger partial charge in [-0.15, -0.1) is 0 Å². The quantitative estimate of drug-likeness (QED) is 0.685. The molecule has 0 aliphatic heterocycles. The molecule has 0 aromatic heterocycles. The van der Waals surface area contributed by atoms with Gasteiger partial charge in [-0.25, -0.2) is 8.78 Å². The summed E-state index contributed by atoms with van der Waals surface area (Å²) in [5.41, 5.74) is 1.17. The first-order chi connectivity index (χ1) is 9.24. The van der Waals surface area contributed by atoms with Crippen LogP contribution in [0.1, 0.15) is 43.2 Å². The number of rotatable bonds is 5. The zero-order chi connectivity index (χ0) is 13.7. The fourth-order valence-electron chi connectivity index (χ4n) is 2.40. The molecule has 0 heterocycles. The van der Waals surface area contributed by atoms with Gasteiger partial charge in [0.2, 0.25) is 0 Å². The molecule has 0 N–H and O–H groups in total. The molecule has 2 aromatic carbocycles. The number of halogens is 2. The summed E-state index contributed by atoms with van der Waals surface area (Å²) >= 11 is 0. The number of benzene rings is 2. The van der Waals surface area contributed by atoms with E-state index >= 15 is 0 Å². The van der Waals surface area contributed by atoms with Gasteiger partial charge in [0, 0.05) is 5.92 Å². The Hall–Kier alpha value is -1.70. The van der Waals surface area contributed by atoms with Crippen molar-refractivity contribution in [1.82, 2.24) is 0 Å². The van der Waals surface area contributed by atoms with E-state index < -0.39 is 0 Å². The highest BCUT2D eigenvalue weighted by molar-refractivity contribution is 5.34. The third-order valence-electron chi connectivity index (χ3n) is 3.41. The number of hydrogen-bond acceptors (Lipinski definition) is 0. The van der Waals surface area contributed by atoms with Crippen molar-refractivity contribution < 1.29 is 8.78 Å². The summed E-state index contributed by atoms with van der Waals surface area (Å²) in [4.78, 5) is 0. The van der Waals surface area contributed by atoms with Crippen molar-refractivity contribution in [2.45, 2.75) is 32.1 Å². The highest BCUT2D eigenvalue weighted by atomic mass is 19.1. The van der Waals surface area contributed by atoms with Gasteiger partial charge in [-0.3, -0.25) is 0 Å². The van der Waals surface area contributed by atoms with Gasteiger partial charge in [0.05, 0.1) is 0 Å². The van der Waals surface area contributed by atoms with E-state index in [9.17, 15) is 8.78 Å². The van der Waals surface area contributed by atoms with Crippen LogP contribution >= 0.6 is 0 Å². The third kappa shape index (κ3) is 3.19. The average molecular weight is 260 g/mol. The Morgan fingerprint density at radius 3 is 1.74 bits per heavy atom. The Balaban J connectivity index is 2.42. The lowest BCUT2D eigenvalue weighted by Gasteiger charge is -2.19. The molecule has 0 nitrogen and oxygen atoms in total. The summed E-state index contributed by atoms with van der Waals surface area (Å²) in [5.74, 6) is -0.721. The second-order valence-corrected chi connectivity index (χ2v) is 4.74. The van der Waals surface area contributed by atoms with Gasteiger partial charge in [-0.1, -0.05) is 56.2 Å². The Kier molecular flexibility index (Phi) is 4.67. The minimum absolute atomic E-state index is 0.206. The van der Waals surface area contributed by atoms with Gasteiger partial charge in [0.25, 0.3) is 0 Å². The van der Waals surface area contributed by atoms with E-state index in [0.29, 0.717) is 11.1 Å². The largest absolute Gasteiger partial charge is 0.207 e. The van der Waals surface area contributed by atoms with Crippen LogP contribution in [0.15, 0.2) is 48.5 Å². The van der Waals surface area contributed by atoms with Crippen LogP contribution in [-0.4, -0.2) is 0 Å². The van der Waals surface area contributed by atoms with E-state index in [1.165, 1.54) is 12.1 Å². The van der Waals surface area contributed by atoms with Gasteiger partial charge in [0.1, 0.15) is 11.6 Å². The van der Waals surface area contributed by atoms with Crippen molar-refractivity contribution in [3.63, 3.8) is 0 Å². The van der Waals surface area contributed by atoms with Crippen LogP contribution in [0, 0.1) is 11.6 Å². The maximum Gasteiger partial charge on any atom is 0.127 e. The first-order valence-corrected chi connectivity index (χ1v) is 6.73. The van der Waals surface area contributed by atoms with Crippen molar-refractivity contribution >= 4 is 0 Å². The molecule has 0 saturated heterocycles. The maximum atomic E-state index is 14.0. The van der Waals surface area contributed by atoms with E-state index in [2.05, 4.69) is 6.92 Å². The predicted molar refractivity (Wildman–Crippen MR) is 74.2 cm³/mol. The molecule has 0 aliphatic carbocycles. The summed E-state index contributed by atoms with van der Waals surface area (Å²) in [6.07, 6.45) is 2.73. The summed E-state index contributed by atoms with van der Waals surface area (Å²) < 4.78 is 27.9. The van der Waals surface area contributed by atoms with E-state index in [-0.39, 0.29) is 17.6 Å². The fourth-order valence-corrected chi connectivity index (χ4v) is 2.40. The first-order valence-electron chi connectivity index (χ1n) is 6.73. The summed E-state index contributed by atoms with van der Waals surface area (Å²) in [6.45, 7) is 2.08. The number of hydrogen-bond donors (Lipinski definition) is 0. The van der Waals surface area contributed by atoms with E-state index in [4.69, 9.17) is 0 Å². The minimum Gasteiger partial charge on any atom is -0.207 e. The Labute approximate surface area is 113 Å². The zero-order valence-corrected chi connectivity index (χ0v) is 11.1. The third-order valence-corrected chi connectivity index (χ3v) is 3.41. The van der Waals surface area contributed by atoms with Crippen molar-refractivity contribution in [2.75, 3.05) is 0 Å². The second kappa shape index (κ2) is 6.46. The maximum absolute atomic E-state index is 14.0. The molecule has 2 rings (SSSR count). The molecular formula is C17H18F2. The van der Waals surface area contributed by atoms with Crippen molar-refractivity contribution in [3.05, 3.63) is 71.3 Å². The topological polar surface area (TPSA) is 0 Å². The van der Waals surface area contributed by atoms with Crippen LogP contribution in [0.4, 0.5) is 8.78 Å². The molecule has 100 valence electrons. The zero-order valence-electron chi connectivity index (χ0n) is 11.1. The molecule has 0 unspecified atom stereocenters. The summed E-state index contributed by atoms with van der Waals surface area (Å²) in [6, 6.07) is 13.3. The van der Waals surface area contributed by atoms with Crippen LogP contribution in [0.5, 0.6) is 0 Å². The van der Waals surface area contributed by atoms with Crippen LogP contribution in [0.3, 0.4) is 0 Å². The standard InChI is InChI=1S/C17H18F2/c1-2-3-8-13(14-9-4-6-11-16(14)18)15-10-5-7-12-17(15)19/h4-7,9-13H,2-3,8H2,1H3. The van der Waals surface area contributed by atoms with Gasteiger partial charge in [-0.2, -0.15) is 0 Å².